The van der Waals surface area contributed by atoms with Crippen LogP contribution in [0, 0.1) is 0 Å². The molecule has 0 aromatic heterocycles. The molecule has 1 aliphatic rings. The van der Waals surface area contributed by atoms with E-state index in [-0.39, 0.29) is 30.0 Å². The average molecular weight is 565 g/mol. The van der Waals surface area contributed by atoms with Gasteiger partial charge in [0.05, 0.1) is 12.6 Å². The van der Waals surface area contributed by atoms with Crippen LogP contribution < -0.4 is 10.6 Å². The van der Waals surface area contributed by atoms with Gasteiger partial charge in [0.1, 0.15) is 0 Å². The molecule has 178 valence electrons. The molecule has 2 N–H and O–H groups in total. The zero-order chi connectivity index (χ0) is 21.9. The summed E-state index contributed by atoms with van der Waals surface area (Å²) in [6.07, 6.45) is 0. The summed E-state index contributed by atoms with van der Waals surface area (Å²) in [5, 5.41) is 7.80. The van der Waals surface area contributed by atoms with Gasteiger partial charge in [-0.2, -0.15) is 0 Å². The van der Waals surface area contributed by atoms with E-state index in [4.69, 9.17) is 16.6 Å². The first-order valence-corrected chi connectivity index (χ1v) is 11.8. The number of nitrogens with zero attached hydrogens (tertiary/aromatic N) is 4. The highest BCUT2D eigenvalue weighted by Gasteiger charge is 2.21. The van der Waals surface area contributed by atoms with Crippen LogP contribution in [0.3, 0.4) is 0 Å². The van der Waals surface area contributed by atoms with Crippen molar-refractivity contribution in [3.8, 4) is 0 Å². The van der Waals surface area contributed by atoms with Crippen molar-refractivity contribution in [2.75, 3.05) is 66.0 Å². The maximum absolute atomic E-state index is 6.54. The summed E-state index contributed by atoms with van der Waals surface area (Å²) >= 11 is 6.54. The Morgan fingerprint density at radius 2 is 1.74 bits per heavy atom. The van der Waals surface area contributed by atoms with E-state index in [9.17, 15) is 0 Å². The summed E-state index contributed by atoms with van der Waals surface area (Å²) < 4.78 is 0. The minimum absolute atomic E-state index is 0. The Bertz CT molecular complexity index is 647. The monoisotopic (exact) mass is 564 g/mol. The minimum atomic E-state index is 0. The summed E-state index contributed by atoms with van der Waals surface area (Å²) in [5.41, 5.74) is 1.16. The van der Waals surface area contributed by atoms with Crippen molar-refractivity contribution in [1.82, 2.24) is 25.3 Å². The van der Waals surface area contributed by atoms with Crippen LogP contribution in [-0.2, 0) is 0 Å². The van der Waals surface area contributed by atoms with Crippen LogP contribution in [0.5, 0.6) is 0 Å². The van der Waals surface area contributed by atoms with Gasteiger partial charge in [-0.15, -0.1) is 24.0 Å². The van der Waals surface area contributed by atoms with E-state index < -0.39 is 0 Å². The lowest BCUT2D eigenvalue weighted by Crippen LogP contribution is -2.49. The second kappa shape index (κ2) is 15.3. The molecule has 0 radical (unpaired) electrons. The minimum Gasteiger partial charge on any atom is -0.357 e. The Morgan fingerprint density at radius 3 is 2.32 bits per heavy atom. The van der Waals surface area contributed by atoms with Gasteiger partial charge >= 0.3 is 0 Å². The normalized spacial score (nSPS) is 17.8. The van der Waals surface area contributed by atoms with E-state index in [1.165, 1.54) is 0 Å². The van der Waals surface area contributed by atoms with Gasteiger partial charge in [0.15, 0.2) is 5.96 Å². The lowest BCUT2D eigenvalue weighted by molar-refractivity contribution is 0.122. The largest absolute Gasteiger partial charge is 0.357 e. The van der Waals surface area contributed by atoms with Gasteiger partial charge in [-0.05, 0) is 45.6 Å². The molecule has 0 aliphatic carbocycles. The van der Waals surface area contributed by atoms with Crippen molar-refractivity contribution < 1.29 is 0 Å². The maximum Gasteiger partial charge on any atom is 0.191 e. The lowest BCUT2D eigenvalue weighted by atomic mass is 10.0. The number of rotatable bonds is 10. The standard InChI is InChI=1S/C23H41ClN6.HI/c1-6-25-23(26-17-19(4)30-15-13-28(5)14-16-30)27-18-22(29(7-2)8-3)20-11-9-10-12-21(20)24;/h9-12,19,22H,6-8,13-18H2,1-5H3,(H2,25,26,27);1H. The first-order chi connectivity index (χ1) is 14.5. The Morgan fingerprint density at radius 1 is 1.10 bits per heavy atom. The Hall–Kier alpha value is -0.610. The number of guanidine groups is 1. The summed E-state index contributed by atoms with van der Waals surface area (Å²) in [4.78, 5) is 12.3. The van der Waals surface area contributed by atoms with E-state index in [1.54, 1.807) is 0 Å². The van der Waals surface area contributed by atoms with Gasteiger partial charge in [0, 0.05) is 50.3 Å². The van der Waals surface area contributed by atoms with Gasteiger partial charge in [0.2, 0.25) is 0 Å². The van der Waals surface area contributed by atoms with Crippen molar-refractivity contribution in [1.29, 1.82) is 0 Å². The van der Waals surface area contributed by atoms with Crippen LogP contribution in [0.25, 0.3) is 0 Å². The van der Waals surface area contributed by atoms with Gasteiger partial charge in [-0.3, -0.25) is 14.8 Å². The van der Waals surface area contributed by atoms with Crippen molar-refractivity contribution in [3.05, 3.63) is 34.9 Å². The topological polar surface area (TPSA) is 46.1 Å². The third-order valence-electron chi connectivity index (χ3n) is 6.00. The molecule has 1 heterocycles. The molecule has 31 heavy (non-hydrogen) atoms. The number of halogens is 2. The van der Waals surface area contributed by atoms with Crippen molar-refractivity contribution in [3.63, 3.8) is 0 Å². The molecule has 8 heteroatoms. The van der Waals surface area contributed by atoms with E-state index >= 15 is 0 Å². The van der Waals surface area contributed by atoms with Crippen LogP contribution in [0.4, 0.5) is 0 Å². The van der Waals surface area contributed by atoms with Gasteiger partial charge in [-0.25, -0.2) is 0 Å². The summed E-state index contributed by atoms with van der Waals surface area (Å²) in [7, 11) is 2.19. The Labute approximate surface area is 211 Å². The molecule has 2 atom stereocenters. The predicted octanol–water partition coefficient (Wildman–Crippen LogP) is 3.53. The molecular formula is C23H42ClIN6. The van der Waals surface area contributed by atoms with E-state index in [2.05, 4.69) is 72.2 Å². The summed E-state index contributed by atoms with van der Waals surface area (Å²) in [6, 6.07) is 8.80. The van der Waals surface area contributed by atoms with Gasteiger partial charge in [-0.1, -0.05) is 43.6 Å². The molecule has 1 saturated heterocycles. The molecule has 1 aromatic rings. The molecule has 0 bridgehead atoms. The second-order valence-electron chi connectivity index (χ2n) is 8.05. The number of likely N-dealkylation sites (N-methyl/N-ethyl adjacent to an activating group) is 2. The molecule has 0 spiro atoms. The molecule has 6 nitrogen and oxygen atoms in total. The highest BCUT2D eigenvalue weighted by Crippen LogP contribution is 2.26. The molecule has 2 unspecified atom stereocenters. The number of piperazine rings is 1. The molecular weight excluding hydrogens is 523 g/mol. The van der Waals surface area contributed by atoms with Crippen LogP contribution in [0.2, 0.25) is 5.02 Å². The average Bonchev–Trinajstić information content (AvgIpc) is 2.75. The fourth-order valence-corrected chi connectivity index (χ4v) is 4.24. The first kappa shape index (κ1) is 28.4. The first-order valence-electron chi connectivity index (χ1n) is 11.4. The zero-order valence-electron chi connectivity index (χ0n) is 19.9. The second-order valence-corrected chi connectivity index (χ2v) is 8.45. The summed E-state index contributed by atoms with van der Waals surface area (Å²) in [6.45, 7) is 17.6. The smallest absolute Gasteiger partial charge is 0.191 e. The fourth-order valence-electron chi connectivity index (χ4n) is 3.98. The zero-order valence-corrected chi connectivity index (χ0v) is 23.0. The number of benzene rings is 1. The molecule has 1 aromatic carbocycles. The van der Waals surface area contributed by atoms with Gasteiger partial charge in [0.25, 0.3) is 0 Å². The van der Waals surface area contributed by atoms with E-state index in [1.807, 2.05) is 12.1 Å². The molecule has 0 amide bonds. The van der Waals surface area contributed by atoms with Crippen molar-refractivity contribution >= 4 is 41.5 Å². The van der Waals surface area contributed by atoms with Crippen LogP contribution in [0.1, 0.15) is 39.3 Å². The predicted molar refractivity (Wildman–Crippen MR) is 145 cm³/mol. The van der Waals surface area contributed by atoms with Crippen LogP contribution in [-0.4, -0.2) is 92.7 Å². The SMILES string of the molecule is CCNC(=NCC(C)N1CCN(C)CC1)NCC(c1ccccc1Cl)N(CC)CC.I. The number of hydrogen-bond donors (Lipinski definition) is 2. The van der Waals surface area contributed by atoms with Gasteiger partial charge < -0.3 is 15.5 Å². The molecule has 1 fully saturated rings. The van der Waals surface area contributed by atoms with E-state index in [0.717, 1.165) is 75.4 Å². The van der Waals surface area contributed by atoms with Crippen LogP contribution >= 0.6 is 35.6 Å². The lowest BCUT2D eigenvalue weighted by Gasteiger charge is -2.36. The van der Waals surface area contributed by atoms with Crippen LogP contribution in [0.15, 0.2) is 29.3 Å². The quantitative estimate of drug-likeness (QED) is 0.259. The highest BCUT2D eigenvalue weighted by molar-refractivity contribution is 14.0. The molecule has 2 rings (SSSR count). The highest BCUT2D eigenvalue weighted by atomic mass is 127. The third kappa shape index (κ3) is 9.04. The van der Waals surface area contributed by atoms with E-state index in [0.29, 0.717) is 6.04 Å². The number of aliphatic imine (C=N–C) groups is 1. The molecule has 1 aliphatic heterocycles. The number of hydrogen-bond acceptors (Lipinski definition) is 4. The third-order valence-corrected chi connectivity index (χ3v) is 6.34. The maximum atomic E-state index is 6.54. The van der Waals surface area contributed by atoms with Crippen molar-refractivity contribution in [2.24, 2.45) is 4.99 Å². The fraction of sp³-hybridized carbons (Fsp3) is 0.696. The number of nitrogens with one attached hydrogen (secondary N) is 2. The summed E-state index contributed by atoms with van der Waals surface area (Å²) in [5.74, 6) is 0.877. The Balaban J connectivity index is 0.00000480. The molecule has 0 saturated carbocycles. The van der Waals surface area contributed by atoms with Crippen molar-refractivity contribution in [2.45, 2.75) is 39.8 Å². The Kier molecular flexibility index (Phi) is 14.0.